The fourth-order valence-corrected chi connectivity index (χ4v) is 5.03. The summed E-state index contributed by atoms with van der Waals surface area (Å²) in [6, 6.07) is 23.2. The molecule has 1 saturated carbocycles. The van der Waals surface area contributed by atoms with Crippen molar-refractivity contribution in [1.82, 2.24) is 0 Å². The second-order valence-corrected chi connectivity index (χ2v) is 9.83. The lowest BCUT2D eigenvalue weighted by Gasteiger charge is -2.30. The normalized spacial score (nSPS) is 13.9. The van der Waals surface area contributed by atoms with Gasteiger partial charge in [0.25, 0.3) is 0 Å². The molecule has 0 radical (unpaired) electrons. The summed E-state index contributed by atoms with van der Waals surface area (Å²) in [6.07, 6.45) is 9.25. The zero-order valence-electron chi connectivity index (χ0n) is 22.3. The number of anilines is 2. The van der Waals surface area contributed by atoms with E-state index in [0.29, 0.717) is 12.3 Å². The summed E-state index contributed by atoms with van der Waals surface area (Å²) in [4.78, 5) is 15.8. The number of aryl methyl sites for hydroxylation is 1. The van der Waals surface area contributed by atoms with Crippen LogP contribution in [0.3, 0.4) is 0 Å². The number of nitrogens with zero attached hydrogens (tertiary/aromatic N) is 1. The number of carbonyl (C=O) groups is 1. The van der Waals surface area contributed by atoms with Crippen LogP contribution in [0.15, 0.2) is 85.1 Å². The summed E-state index contributed by atoms with van der Waals surface area (Å²) in [7, 11) is 3.55. The Morgan fingerprint density at radius 3 is 2.43 bits per heavy atom. The van der Waals surface area contributed by atoms with E-state index in [1.54, 1.807) is 7.11 Å². The van der Waals surface area contributed by atoms with E-state index in [4.69, 9.17) is 4.74 Å². The predicted molar refractivity (Wildman–Crippen MR) is 156 cm³/mol. The van der Waals surface area contributed by atoms with Crippen LogP contribution in [-0.4, -0.2) is 20.1 Å². The Morgan fingerprint density at radius 1 is 1.03 bits per heavy atom. The summed E-state index contributed by atoms with van der Waals surface area (Å²) in [5.74, 6) is 0.912. The number of methoxy groups -OCH3 is 1. The fourth-order valence-electron chi connectivity index (χ4n) is 5.03. The van der Waals surface area contributed by atoms with Gasteiger partial charge < -0.3 is 15.0 Å². The molecule has 192 valence electrons. The number of hydrogen-bond acceptors (Lipinski definition) is 3. The Labute approximate surface area is 221 Å². The molecule has 4 rings (SSSR count). The molecular weight excluding hydrogens is 456 g/mol. The molecule has 0 aromatic heterocycles. The summed E-state index contributed by atoms with van der Waals surface area (Å²) >= 11 is 0. The Hall–Kier alpha value is -3.79. The lowest BCUT2D eigenvalue weighted by Crippen LogP contribution is -2.36. The quantitative estimate of drug-likeness (QED) is 0.242. The van der Waals surface area contributed by atoms with Crippen molar-refractivity contribution in [2.24, 2.45) is 5.92 Å². The number of carbonyl (C=O) groups excluding carboxylic acids is 1. The fraction of sp³-hybridized carbons (Fsp3) is 0.303. The molecule has 1 amide bonds. The zero-order chi connectivity index (χ0) is 26.2. The van der Waals surface area contributed by atoms with E-state index < -0.39 is 0 Å². The standard InChI is InChI=1S/C33H38N2O2/c1-24-21-30(19-20-32(24)34-3)28-17-15-27(16-18-28)23-35(33(36)29-10-6-5-7-11-29)31-12-8-9-26(22-31)14-13-25(2)37-4/h8-9,12-22,29,34H,2,5-7,10-11,23H2,1,3-4H3/b14-13+. The minimum atomic E-state index is 0.0918. The molecule has 1 N–H and O–H groups in total. The summed E-state index contributed by atoms with van der Waals surface area (Å²) in [5, 5.41) is 3.23. The highest BCUT2D eigenvalue weighted by atomic mass is 16.5. The van der Waals surface area contributed by atoms with Gasteiger partial charge in [-0.2, -0.15) is 0 Å². The van der Waals surface area contributed by atoms with Gasteiger partial charge in [-0.1, -0.05) is 74.4 Å². The van der Waals surface area contributed by atoms with Crippen molar-refractivity contribution >= 4 is 23.4 Å². The van der Waals surface area contributed by atoms with Gasteiger partial charge in [-0.05, 0) is 77.9 Å². The zero-order valence-corrected chi connectivity index (χ0v) is 22.3. The van der Waals surface area contributed by atoms with E-state index in [1.807, 2.05) is 42.3 Å². The number of rotatable bonds is 9. The van der Waals surface area contributed by atoms with E-state index in [9.17, 15) is 4.79 Å². The number of nitrogens with one attached hydrogen (secondary N) is 1. The number of hydrogen-bond donors (Lipinski definition) is 1. The molecule has 0 unspecified atom stereocenters. The predicted octanol–water partition coefficient (Wildman–Crippen LogP) is 7.99. The number of amides is 1. The Balaban J connectivity index is 1.60. The Morgan fingerprint density at radius 2 is 1.76 bits per heavy atom. The molecule has 1 fully saturated rings. The molecule has 0 spiro atoms. The monoisotopic (exact) mass is 494 g/mol. The molecule has 1 aliphatic rings. The third-order valence-corrected chi connectivity index (χ3v) is 7.25. The number of benzene rings is 3. The first-order valence-corrected chi connectivity index (χ1v) is 13.2. The lowest BCUT2D eigenvalue weighted by atomic mass is 9.88. The van der Waals surface area contributed by atoms with Gasteiger partial charge in [0.2, 0.25) is 5.91 Å². The van der Waals surface area contributed by atoms with Crippen LogP contribution in [0.2, 0.25) is 0 Å². The van der Waals surface area contributed by atoms with Gasteiger partial charge in [0.15, 0.2) is 0 Å². The Bertz CT molecular complexity index is 1250. The van der Waals surface area contributed by atoms with Crippen LogP contribution in [-0.2, 0) is 16.1 Å². The first-order valence-electron chi connectivity index (χ1n) is 13.2. The van der Waals surface area contributed by atoms with Crippen LogP contribution < -0.4 is 10.2 Å². The highest BCUT2D eigenvalue weighted by molar-refractivity contribution is 5.95. The summed E-state index contributed by atoms with van der Waals surface area (Å²) in [5.41, 5.74) is 7.76. The van der Waals surface area contributed by atoms with E-state index in [2.05, 4.69) is 67.4 Å². The Kier molecular flexibility index (Phi) is 8.84. The molecule has 0 aliphatic heterocycles. The van der Waals surface area contributed by atoms with Gasteiger partial charge in [0, 0.05) is 24.3 Å². The van der Waals surface area contributed by atoms with Gasteiger partial charge >= 0.3 is 0 Å². The molecule has 3 aromatic carbocycles. The smallest absolute Gasteiger partial charge is 0.230 e. The van der Waals surface area contributed by atoms with Crippen molar-refractivity contribution in [3.05, 3.63) is 102 Å². The molecule has 1 aliphatic carbocycles. The lowest BCUT2D eigenvalue weighted by molar-refractivity contribution is -0.123. The number of ether oxygens (including phenoxy) is 1. The van der Waals surface area contributed by atoms with Crippen molar-refractivity contribution in [3.63, 3.8) is 0 Å². The molecule has 3 aromatic rings. The van der Waals surface area contributed by atoms with Crippen LogP contribution >= 0.6 is 0 Å². The van der Waals surface area contributed by atoms with Crippen LogP contribution in [0.5, 0.6) is 0 Å². The second kappa shape index (κ2) is 12.4. The summed E-state index contributed by atoms with van der Waals surface area (Å²) < 4.78 is 5.16. The molecule has 0 atom stereocenters. The topological polar surface area (TPSA) is 41.6 Å². The van der Waals surface area contributed by atoms with Crippen LogP contribution in [0.25, 0.3) is 17.2 Å². The first kappa shape index (κ1) is 26.3. The van der Waals surface area contributed by atoms with Gasteiger partial charge in [-0.3, -0.25) is 4.79 Å². The van der Waals surface area contributed by atoms with Crippen molar-refractivity contribution < 1.29 is 9.53 Å². The van der Waals surface area contributed by atoms with Crippen LogP contribution in [0.1, 0.15) is 48.8 Å². The maximum Gasteiger partial charge on any atom is 0.230 e. The first-order chi connectivity index (χ1) is 18.0. The van der Waals surface area contributed by atoms with E-state index in [1.165, 1.54) is 23.1 Å². The van der Waals surface area contributed by atoms with Crippen LogP contribution in [0.4, 0.5) is 11.4 Å². The maximum atomic E-state index is 13.8. The second-order valence-electron chi connectivity index (χ2n) is 9.83. The molecule has 0 heterocycles. The van der Waals surface area contributed by atoms with Crippen molar-refractivity contribution in [1.29, 1.82) is 0 Å². The highest BCUT2D eigenvalue weighted by Crippen LogP contribution is 2.30. The van der Waals surface area contributed by atoms with Gasteiger partial charge in [-0.25, -0.2) is 0 Å². The maximum absolute atomic E-state index is 13.8. The van der Waals surface area contributed by atoms with E-state index in [0.717, 1.165) is 48.2 Å². The van der Waals surface area contributed by atoms with E-state index >= 15 is 0 Å². The molecular formula is C33H38N2O2. The van der Waals surface area contributed by atoms with Gasteiger partial charge in [0.05, 0.1) is 13.7 Å². The van der Waals surface area contributed by atoms with Crippen LogP contribution in [0, 0.1) is 12.8 Å². The molecule has 0 saturated heterocycles. The third kappa shape index (κ3) is 6.71. The van der Waals surface area contributed by atoms with Crippen molar-refractivity contribution in [2.45, 2.75) is 45.6 Å². The molecule has 0 bridgehead atoms. The van der Waals surface area contributed by atoms with Crippen molar-refractivity contribution in [3.8, 4) is 11.1 Å². The molecule has 37 heavy (non-hydrogen) atoms. The minimum Gasteiger partial charge on any atom is -0.497 e. The van der Waals surface area contributed by atoms with Crippen molar-refractivity contribution in [2.75, 3.05) is 24.4 Å². The largest absolute Gasteiger partial charge is 0.497 e. The summed E-state index contributed by atoms with van der Waals surface area (Å²) in [6.45, 7) is 6.52. The van der Waals surface area contributed by atoms with Gasteiger partial charge in [-0.15, -0.1) is 0 Å². The molecule has 4 nitrogen and oxygen atoms in total. The SMILES string of the molecule is C=C(/C=C/c1cccc(N(Cc2ccc(-c3ccc(NC)c(C)c3)cc2)C(=O)C2CCCCC2)c1)OC. The van der Waals surface area contributed by atoms with E-state index in [-0.39, 0.29) is 11.8 Å². The van der Waals surface area contributed by atoms with Gasteiger partial charge in [0.1, 0.15) is 5.76 Å². The third-order valence-electron chi connectivity index (χ3n) is 7.25. The number of allylic oxidation sites excluding steroid dienone is 1. The highest BCUT2D eigenvalue weighted by Gasteiger charge is 2.27. The minimum absolute atomic E-state index is 0.0918. The molecule has 4 heteroatoms. The average molecular weight is 495 g/mol. The average Bonchev–Trinajstić information content (AvgIpc) is 2.95.